The molecule has 1 atom stereocenters. The second-order valence-corrected chi connectivity index (χ2v) is 6.48. The van der Waals surface area contributed by atoms with Crippen molar-refractivity contribution in [2.24, 2.45) is 0 Å². The first kappa shape index (κ1) is 15.3. The minimum Gasteiger partial charge on any atom is -0.459 e. The molecule has 0 spiro atoms. The summed E-state index contributed by atoms with van der Waals surface area (Å²) in [5.74, 6) is 2.31. The first-order chi connectivity index (χ1) is 12.9. The van der Waals surface area contributed by atoms with Crippen LogP contribution in [0.3, 0.4) is 0 Å². The van der Waals surface area contributed by atoms with E-state index in [9.17, 15) is 0 Å². The summed E-state index contributed by atoms with van der Waals surface area (Å²) < 4.78 is 17.1. The van der Waals surface area contributed by atoms with Gasteiger partial charge in [-0.2, -0.15) is 0 Å². The average Bonchev–Trinajstić information content (AvgIpc) is 3.42. The summed E-state index contributed by atoms with van der Waals surface area (Å²) in [5.41, 5.74) is 1.72. The van der Waals surface area contributed by atoms with Crippen molar-refractivity contribution < 1.29 is 13.3 Å². The molecule has 7 nitrogen and oxygen atoms in total. The molecule has 1 aliphatic heterocycles. The van der Waals surface area contributed by atoms with Crippen LogP contribution in [0, 0.1) is 0 Å². The third-order valence-electron chi connectivity index (χ3n) is 4.75. The van der Waals surface area contributed by atoms with Crippen molar-refractivity contribution >= 4 is 11.1 Å². The van der Waals surface area contributed by atoms with Gasteiger partial charge < -0.3 is 13.3 Å². The van der Waals surface area contributed by atoms with E-state index in [1.807, 2.05) is 24.3 Å². The van der Waals surface area contributed by atoms with Crippen molar-refractivity contribution in [3.05, 3.63) is 54.4 Å². The smallest absolute Gasteiger partial charge is 0.283 e. The molecule has 4 aromatic rings. The number of oxazole rings is 1. The Kier molecular flexibility index (Phi) is 3.79. The van der Waals surface area contributed by atoms with E-state index in [0.717, 1.165) is 42.8 Å². The van der Waals surface area contributed by atoms with E-state index in [4.69, 9.17) is 13.3 Å². The fraction of sp³-hybridized carbons (Fsp3) is 0.316. The number of fused-ring (bicyclic) bond motifs is 1. The Balaban J connectivity index is 1.39. The van der Waals surface area contributed by atoms with Gasteiger partial charge >= 0.3 is 0 Å². The molecule has 0 amide bonds. The van der Waals surface area contributed by atoms with Crippen LogP contribution in [-0.4, -0.2) is 26.6 Å². The lowest BCUT2D eigenvalue weighted by Gasteiger charge is -2.32. The highest BCUT2D eigenvalue weighted by Gasteiger charge is 2.29. The minimum atomic E-state index is 0.120. The number of likely N-dealkylation sites (tertiary alicyclic amines) is 1. The Morgan fingerprint density at radius 3 is 2.88 bits per heavy atom. The summed E-state index contributed by atoms with van der Waals surface area (Å²) >= 11 is 0. The number of piperidine rings is 1. The molecule has 7 heteroatoms. The molecule has 26 heavy (non-hydrogen) atoms. The number of rotatable bonds is 4. The average molecular weight is 350 g/mol. The van der Waals surface area contributed by atoms with Gasteiger partial charge in [-0.3, -0.25) is 4.90 Å². The molecule has 1 fully saturated rings. The topological polar surface area (TPSA) is 81.3 Å². The van der Waals surface area contributed by atoms with Crippen molar-refractivity contribution in [1.29, 1.82) is 0 Å². The molecule has 1 aromatic carbocycles. The fourth-order valence-electron chi connectivity index (χ4n) is 3.48. The van der Waals surface area contributed by atoms with Gasteiger partial charge in [-0.05, 0) is 43.7 Å². The molecular formula is C19H18N4O3. The number of nitrogens with zero attached hydrogens (tertiary/aromatic N) is 4. The summed E-state index contributed by atoms with van der Waals surface area (Å²) in [6.45, 7) is 1.51. The normalized spacial score (nSPS) is 18.5. The maximum absolute atomic E-state index is 6.01. The zero-order chi connectivity index (χ0) is 17.3. The summed E-state index contributed by atoms with van der Waals surface area (Å²) in [4.78, 5) is 6.98. The molecule has 5 rings (SSSR count). The number of aromatic nitrogens is 3. The van der Waals surface area contributed by atoms with Crippen LogP contribution in [0.2, 0.25) is 0 Å². The molecule has 1 unspecified atom stereocenters. The summed E-state index contributed by atoms with van der Waals surface area (Å²) in [6, 6.07) is 11.6. The molecule has 0 aliphatic carbocycles. The van der Waals surface area contributed by atoms with Crippen molar-refractivity contribution in [2.45, 2.75) is 31.8 Å². The lowest BCUT2D eigenvalue weighted by molar-refractivity contribution is 0.109. The molecule has 0 bridgehead atoms. The monoisotopic (exact) mass is 350 g/mol. The molecule has 0 N–H and O–H groups in total. The van der Waals surface area contributed by atoms with Gasteiger partial charge in [0.05, 0.1) is 18.8 Å². The Hall–Kier alpha value is -2.93. The van der Waals surface area contributed by atoms with Crippen molar-refractivity contribution in [2.75, 3.05) is 6.54 Å². The van der Waals surface area contributed by atoms with Gasteiger partial charge in [0, 0.05) is 0 Å². The van der Waals surface area contributed by atoms with E-state index in [1.165, 1.54) is 0 Å². The van der Waals surface area contributed by atoms with E-state index >= 15 is 0 Å². The molecule has 3 aromatic heterocycles. The van der Waals surface area contributed by atoms with Gasteiger partial charge in [0.1, 0.15) is 5.52 Å². The van der Waals surface area contributed by atoms with Crippen LogP contribution in [-0.2, 0) is 6.54 Å². The minimum absolute atomic E-state index is 0.120. The predicted octanol–water partition coefficient (Wildman–Crippen LogP) is 4.20. The zero-order valence-corrected chi connectivity index (χ0v) is 14.2. The van der Waals surface area contributed by atoms with Crippen LogP contribution >= 0.6 is 0 Å². The predicted molar refractivity (Wildman–Crippen MR) is 93.0 cm³/mol. The summed E-state index contributed by atoms with van der Waals surface area (Å²) in [6.07, 6.45) is 4.89. The third kappa shape index (κ3) is 2.80. The number of furan rings is 1. The Labute approximate surface area is 149 Å². The molecular weight excluding hydrogens is 332 g/mol. The number of benzene rings is 1. The second kappa shape index (κ2) is 6.42. The van der Waals surface area contributed by atoms with E-state index in [2.05, 4.69) is 20.1 Å². The quantitative estimate of drug-likeness (QED) is 0.545. The van der Waals surface area contributed by atoms with Crippen molar-refractivity contribution in [3.63, 3.8) is 0 Å². The van der Waals surface area contributed by atoms with Gasteiger partial charge in [0.25, 0.3) is 5.89 Å². The molecule has 132 valence electrons. The molecule has 0 radical (unpaired) electrons. The highest BCUT2D eigenvalue weighted by atomic mass is 16.4. The van der Waals surface area contributed by atoms with Gasteiger partial charge in [0.15, 0.2) is 11.3 Å². The fourth-order valence-corrected chi connectivity index (χ4v) is 3.48. The SMILES string of the molecule is c1coc(-c2nnc(CN3CCCCC3c3nc4ccccc4o3)o2)c1. The molecule has 1 aliphatic rings. The van der Waals surface area contributed by atoms with E-state index in [0.29, 0.717) is 24.1 Å². The molecule has 1 saturated heterocycles. The third-order valence-corrected chi connectivity index (χ3v) is 4.75. The standard InChI is InChI=1S/C19H18N4O3/c1-2-8-15-13(6-1)20-18(25-15)14-7-3-4-10-23(14)12-17-21-22-19(26-17)16-9-5-11-24-16/h1-2,5-6,8-9,11,14H,3-4,7,10,12H2. The first-order valence-corrected chi connectivity index (χ1v) is 8.82. The first-order valence-electron chi connectivity index (χ1n) is 8.82. The van der Waals surface area contributed by atoms with Crippen LogP contribution in [0.5, 0.6) is 0 Å². The maximum atomic E-state index is 6.01. The lowest BCUT2D eigenvalue weighted by Crippen LogP contribution is -2.33. The van der Waals surface area contributed by atoms with E-state index in [1.54, 1.807) is 18.4 Å². The largest absolute Gasteiger partial charge is 0.459 e. The number of hydrogen-bond donors (Lipinski definition) is 0. The van der Waals surface area contributed by atoms with Crippen molar-refractivity contribution in [1.82, 2.24) is 20.1 Å². The molecule has 0 saturated carbocycles. The summed E-state index contributed by atoms with van der Waals surface area (Å²) in [5, 5.41) is 8.25. The second-order valence-electron chi connectivity index (χ2n) is 6.48. The van der Waals surface area contributed by atoms with Gasteiger partial charge in [0.2, 0.25) is 11.8 Å². The van der Waals surface area contributed by atoms with Gasteiger partial charge in [-0.1, -0.05) is 18.6 Å². The Morgan fingerprint density at radius 2 is 2.00 bits per heavy atom. The van der Waals surface area contributed by atoms with Crippen molar-refractivity contribution in [3.8, 4) is 11.7 Å². The highest BCUT2D eigenvalue weighted by Crippen LogP contribution is 2.33. The van der Waals surface area contributed by atoms with E-state index < -0.39 is 0 Å². The zero-order valence-electron chi connectivity index (χ0n) is 14.2. The maximum Gasteiger partial charge on any atom is 0.283 e. The van der Waals surface area contributed by atoms with Crippen LogP contribution in [0.1, 0.15) is 37.1 Å². The highest BCUT2D eigenvalue weighted by molar-refractivity contribution is 5.72. The van der Waals surface area contributed by atoms with E-state index in [-0.39, 0.29) is 6.04 Å². The Bertz CT molecular complexity index is 972. The Morgan fingerprint density at radius 1 is 1.04 bits per heavy atom. The van der Waals surface area contributed by atoms with Crippen LogP contribution in [0.4, 0.5) is 0 Å². The number of hydrogen-bond acceptors (Lipinski definition) is 7. The van der Waals surface area contributed by atoms with Crippen LogP contribution in [0.15, 0.2) is 55.9 Å². The molecule has 4 heterocycles. The summed E-state index contributed by atoms with van der Waals surface area (Å²) in [7, 11) is 0. The van der Waals surface area contributed by atoms with Gasteiger partial charge in [-0.25, -0.2) is 4.98 Å². The lowest BCUT2D eigenvalue weighted by atomic mass is 10.0. The van der Waals surface area contributed by atoms with Crippen LogP contribution < -0.4 is 0 Å². The van der Waals surface area contributed by atoms with Gasteiger partial charge in [-0.15, -0.1) is 10.2 Å². The van der Waals surface area contributed by atoms with Crippen LogP contribution in [0.25, 0.3) is 22.8 Å². The number of para-hydroxylation sites is 2.